The first kappa shape index (κ1) is 14.9. The molecule has 0 saturated heterocycles. The lowest BCUT2D eigenvalue weighted by Crippen LogP contribution is -2.28. The van der Waals surface area contributed by atoms with E-state index in [9.17, 15) is 14.9 Å². The second-order valence-electron chi connectivity index (χ2n) is 4.46. The summed E-state index contributed by atoms with van der Waals surface area (Å²) >= 11 is 3.50. The van der Waals surface area contributed by atoms with Gasteiger partial charge in [0.1, 0.15) is 0 Å². The van der Waals surface area contributed by atoms with Crippen molar-refractivity contribution in [2.75, 3.05) is 5.33 Å². The minimum Gasteiger partial charge on any atom is -0.347 e. The van der Waals surface area contributed by atoms with Crippen LogP contribution in [0.25, 0.3) is 0 Å². The van der Waals surface area contributed by atoms with Gasteiger partial charge in [-0.2, -0.15) is 0 Å². The smallest absolute Gasteiger partial charge is 0.332 e. The van der Waals surface area contributed by atoms with Gasteiger partial charge in [-0.15, -0.1) is 0 Å². The molecule has 100 valence electrons. The molecule has 0 aromatic carbocycles. The SMILES string of the molecule is CCC(CC)(CBr)Cn1ccc(=O)c([N+](=O)[O-])c1. The summed E-state index contributed by atoms with van der Waals surface area (Å²) in [5, 5.41) is 11.6. The molecule has 1 aromatic heterocycles. The fourth-order valence-corrected chi connectivity index (χ4v) is 2.81. The van der Waals surface area contributed by atoms with Gasteiger partial charge in [-0.3, -0.25) is 14.9 Å². The van der Waals surface area contributed by atoms with Gasteiger partial charge in [0.25, 0.3) is 5.43 Å². The van der Waals surface area contributed by atoms with E-state index >= 15 is 0 Å². The van der Waals surface area contributed by atoms with E-state index in [-0.39, 0.29) is 11.1 Å². The summed E-state index contributed by atoms with van der Waals surface area (Å²) in [4.78, 5) is 21.4. The molecule has 1 rings (SSSR count). The van der Waals surface area contributed by atoms with Crippen molar-refractivity contribution in [1.82, 2.24) is 4.57 Å². The molecule has 5 nitrogen and oxygen atoms in total. The van der Waals surface area contributed by atoms with Crippen LogP contribution in [0.15, 0.2) is 23.3 Å². The highest BCUT2D eigenvalue weighted by Crippen LogP contribution is 2.30. The number of halogens is 1. The van der Waals surface area contributed by atoms with Gasteiger partial charge >= 0.3 is 5.69 Å². The van der Waals surface area contributed by atoms with Crippen LogP contribution >= 0.6 is 15.9 Å². The molecule has 6 heteroatoms. The first-order chi connectivity index (χ1) is 8.48. The Morgan fingerprint density at radius 2 is 2.06 bits per heavy atom. The van der Waals surface area contributed by atoms with E-state index in [1.165, 1.54) is 12.3 Å². The van der Waals surface area contributed by atoms with Gasteiger partial charge in [-0.1, -0.05) is 29.8 Å². The average molecular weight is 317 g/mol. The summed E-state index contributed by atoms with van der Waals surface area (Å²) in [6.07, 6.45) is 4.87. The number of nitrogens with zero attached hydrogens (tertiary/aromatic N) is 2. The van der Waals surface area contributed by atoms with Gasteiger partial charge in [-0.05, 0) is 18.3 Å². The summed E-state index contributed by atoms with van der Waals surface area (Å²) in [5.74, 6) is 0. The molecule has 0 bridgehead atoms. The lowest BCUT2D eigenvalue weighted by Gasteiger charge is -2.30. The molecule has 0 spiro atoms. The molecule has 0 aliphatic carbocycles. The molecule has 1 heterocycles. The van der Waals surface area contributed by atoms with Crippen molar-refractivity contribution in [3.8, 4) is 0 Å². The van der Waals surface area contributed by atoms with Crippen LogP contribution in [-0.2, 0) is 6.54 Å². The van der Waals surface area contributed by atoms with E-state index in [4.69, 9.17) is 0 Å². The summed E-state index contributed by atoms with van der Waals surface area (Å²) in [6.45, 7) is 4.86. The van der Waals surface area contributed by atoms with Crippen molar-refractivity contribution in [3.63, 3.8) is 0 Å². The summed E-state index contributed by atoms with van der Waals surface area (Å²) in [7, 11) is 0. The van der Waals surface area contributed by atoms with E-state index in [1.54, 1.807) is 10.8 Å². The Morgan fingerprint density at radius 1 is 1.44 bits per heavy atom. The Kier molecular flexibility index (Phi) is 5.07. The lowest BCUT2D eigenvalue weighted by atomic mass is 9.84. The number of pyridine rings is 1. The summed E-state index contributed by atoms with van der Waals surface area (Å²) in [6, 6.07) is 1.25. The molecule has 0 aliphatic heterocycles. The number of alkyl halides is 1. The molecule has 0 radical (unpaired) electrons. The second-order valence-corrected chi connectivity index (χ2v) is 5.03. The predicted molar refractivity (Wildman–Crippen MR) is 74.2 cm³/mol. The maximum absolute atomic E-state index is 11.3. The van der Waals surface area contributed by atoms with Crippen molar-refractivity contribution in [2.24, 2.45) is 5.41 Å². The molecule has 1 aromatic rings. The monoisotopic (exact) mass is 316 g/mol. The zero-order valence-electron chi connectivity index (χ0n) is 10.6. The van der Waals surface area contributed by atoms with Crippen molar-refractivity contribution in [1.29, 1.82) is 0 Å². The van der Waals surface area contributed by atoms with Gasteiger partial charge in [0.15, 0.2) is 0 Å². The maximum atomic E-state index is 11.3. The highest BCUT2D eigenvalue weighted by atomic mass is 79.9. The Hall–Kier alpha value is -1.17. The second kappa shape index (κ2) is 6.13. The van der Waals surface area contributed by atoms with Crippen LogP contribution in [0.3, 0.4) is 0 Å². The normalized spacial score (nSPS) is 11.5. The lowest BCUT2D eigenvalue weighted by molar-refractivity contribution is -0.386. The topological polar surface area (TPSA) is 65.1 Å². The summed E-state index contributed by atoms with van der Waals surface area (Å²) < 4.78 is 1.73. The first-order valence-electron chi connectivity index (χ1n) is 5.88. The maximum Gasteiger partial charge on any atom is 0.332 e. The van der Waals surface area contributed by atoms with Crippen molar-refractivity contribution < 1.29 is 4.92 Å². The van der Waals surface area contributed by atoms with Crippen LogP contribution in [-0.4, -0.2) is 14.8 Å². The van der Waals surface area contributed by atoms with Crippen molar-refractivity contribution in [3.05, 3.63) is 38.8 Å². The van der Waals surface area contributed by atoms with Gasteiger partial charge in [-0.25, -0.2) is 0 Å². The van der Waals surface area contributed by atoms with E-state index in [1.807, 2.05) is 0 Å². The molecule has 0 saturated carbocycles. The quantitative estimate of drug-likeness (QED) is 0.460. The van der Waals surface area contributed by atoms with Crippen LogP contribution in [0.1, 0.15) is 26.7 Å². The van der Waals surface area contributed by atoms with Crippen LogP contribution in [0, 0.1) is 15.5 Å². The van der Waals surface area contributed by atoms with Crippen LogP contribution in [0.2, 0.25) is 0 Å². The van der Waals surface area contributed by atoms with Crippen LogP contribution < -0.4 is 5.43 Å². The third-order valence-electron chi connectivity index (χ3n) is 3.46. The van der Waals surface area contributed by atoms with Gasteiger partial charge in [0.05, 0.1) is 11.1 Å². The highest BCUT2D eigenvalue weighted by Gasteiger charge is 2.25. The van der Waals surface area contributed by atoms with E-state index < -0.39 is 10.4 Å². The van der Waals surface area contributed by atoms with Crippen molar-refractivity contribution >= 4 is 21.6 Å². The molecule has 0 unspecified atom stereocenters. The minimum absolute atomic E-state index is 0.0585. The standard InChI is InChI=1S/C12H17BrN2O3/c1-3-12(4-2,8-13)9-14-6-5-11(16)10(7-14)15(17)18/h5-7H,3-4,8-9H2,1-2H3. The number of aromatic nitrogens is 1. The molecule has 18 heavy (non-hydrogen) atoms. The number of rotatable bonds is 6. The van der Waals surface area contributed by atoms with Gasteiger partial charge in [0.2, 0.25) is 0 Å². The third kappa shape index (κ3) is 3.19. The van der Waals surface area contributed by atoms with Crippen LogP contribution in [0.4, 0.5) is 5.69 Å². The molecule has 0 amide bonds. The van der Waals surface area contributed by atoms with E-state index in [0.29, 0.717) is 6.54 Å². The van der Waals surface area contributed by atoms with E-state index in [0.717, 1.165) is 18.2 Å². The zero-order valence-corrected chi connectivity index (χ0v) is 12.1. The first-order valence-corrected chi connectivity index (χ1v) is 7.00. The number of hydrogen-bond donors (Lipinski definition) is 0. The van der Waals surface area contributed by atoms with Gasteiger partial charge in [0, 0.05) is 24.1 Å². The molecule has 0 aliphatic rings. The van der Waals surface area contributed by atoms with Crippen molar-refractivity contribution in [2.45, 2.75) is 33.2 Å². The largest absolute Gasteiger partial charge is 0.347 e. The molecule has 0 N–H and O–H groups in total. The Bertz CT molecular complexity index is 472. The Labute approximate surface area is 114 Å². The van der Waals surface area contributed by atoms with E-state index in [2.05, 4.69) is 29.8 Å². The molecule has 0 atom stereocenters. The fraction of sp³-hybridized carbons (Fsp3) is 0.583. The predicted octanol–water partition coefficient (Wildman–Crippen LogP) is 2.96. The zero-order chi connectivity index (χ0) is 13.8. The van der Waals surface area contributed by atoms with Gasteiger partial charge < -0.3 is 4.57 Å². The van der Waals surface area contributed by atoms with Crippen LogP contribution in [0.5, 0.6) is 0 Å². The molecular formula is C12H17BrN2O3. The minimum atomic E-state index is -0.632. The summed E-state index contributed by atoms with van der Waals surface area (Å²) in [5.41, 5.74) is -0.856. The number of hydrogen-bond acceptors (Lipinski definition) is 3. The molecule has 0 fully saturated rings. The third-order valence-corrected chi connectivity index (χ3v) is 4.65. The molecular weight excluding hydrogens is 300 g/mol. The Morgan fingerprint density at radius 3 is 2.50 bits per heavy atom. The fourth-order valence-electron chi connectivity index (χ4n) is 1.84. The average Bonchev–Trinajstić information content (AvgIpc) is 2.38. The number of nitro groups is 1. The highest BCUT2D eigenvalue weighted by molar-refractivity contribution is 9.09. The Balaban J connectivity index is 3.08.